The second kappa shape index (κ2) is 7.92. The summed E-state index contributed by atoms with van der Waals surface area (Å²) >= 11 is 0. The van der Waals surface area contributed by atoms with Gasteiger partial charge in [0.05, 0.1) is 21.3 Å². The lowest BCUT2D eigenvalue weighted by Crippen LogP contribution is -2.04. The van der Waals surface area contributed by atoms with E-state index in [1.54, 1.807) is 36.4 Å². The second-order valence-corrected chi connectivity index (χ2v) is 4.70. The molecule has 0 fully saturated rings. The van der Waals surface area contributed by atoms with E-state index in [-0.39, 0.29) is 5.75 Å². The molecule has 0 saturated heterocycles. The molecule has 0 radical (unpaired) electrons. The summed E-state index contributed by atoms with van der Waals surface area (Å²) in [5, 5.41) is 9.54. The Morgan fingerprint density at radius 3 is 2.29 bits per heavy atom. The van der Waals surface area contributed by atoms with Crippen molar-refractivity contribution in [3.63, 3.8) is 0 Å². The number of phenolic OH excluding ortho intramolecular Hbond substituents is 1. The summed E-state index contributed by atoms with van der Waals surface area (Å²) in [6.07, 6.45) is 2.84. The molecule has 0 aromatic heterocycles. The van der Waals surface area contributed by atoms with Crippen molar-refractivity contribution in [1.29, 1.82) is 0 Å². The van der Waals surface area contributed by atoms with Gasteiger partial charge in [0.15, 0.2) is 23.0 Å². The van der Waals surface area contributed by atoms with E-state index in [9.17, 15) is 9.90 Å². The highest BCUT2D eigenvalue weighted by Gasteiger charge is 2.08. The molecule has 0 amide bonds. The Kier molecular flexibility index (Phi) is 5.68. The van der Waals surface area contributed by atoms with Crippen LogP contribution in [0.4, 0.5) is 0 Å². The average Bonchev–Trinajstić information content (AvgIpc) is 2.60. The van der Waals surface area contributed by atoms with Gasteiger partial charge in [-0.2, -0.15) is 0 Å². The first kappa shape index (κ1) is 17.2. The molecular formula is C18H18O6. The van der Waals surface area contributed by atoms with E-state index in [1.165, 1.54) is 33.5 Å². The minimum atomic E-state index is -0.547. The highest BCUT2D eigenvalue weighted by Crippen LogP contribution is 2.31. The number of esters is 1. The van der Waals surface area contributed by atoms with Crippen LogP contribution in [0.25, 0.3) is 6.08 Å². The van der Waals surface area contributed by atoms with Crippen molar-refractivity contribution < 1.29 is 28.8 Å². The third-order valence-corrected chi connectivity index (χ3v) is 3.19. The molecule has 2 aromatic carbocycles. The summed E-state index contributed by atoms with van der Waals surface area (Å²) < 4.78 is 20.5. The number of ether oxygens (including phenoxy) is 4. The van der Waals surface area contributed by atoms with Gasteiger partial charge in [-0.3, -0.25) is 0 Å². The number of phenols is 1. The lowest BCUT2D eigenvalue weighted by molar-refractivity contribution is -0.128. The third kappa shape index (κ3) is 4.19. The van der Waals surface area contributed by atoms with Gasteiger partial charge < -0.3 is 24.1 Å². The zero-order chi connectivity index (χ0) is 17.5. The number of methoxy groups -OCH3 is 3. The predicted molar refractivity (Wildman–Crippen MR) is 88.9 cm³/mol. The van der Waals surface area contributed by atoms with Crippen LogP contribution in [0.3, 0.4) is 0 Å². The van der Waals surface area contributed by atoms with Crippen LogP contribution >= 0.6 is 0 Å². The molecule has 0 atom stereocenters. The first-order valence-corrected chi connectivity index (χ1v) is 7.06. The van der Waals surface area contributed by atoms with Crippen molar-refractivity contribution >= 4 is 12.0 Å². The van der Waals surface area contributed by atoms with E-state index in [2.05, 4.69) is 0 Å². The van der Waals surface area contributed by atoms with Gasteiger partial charge in [0, 0.05) is 12.1 Å². The minimum Gasteiger partial charge on any atom is -0.504 e. The highest BCUT2D eigenvalue weighted by molar-refractivity contribution is 5.88. The Hall–Kier alpha value is -3.15. The van der Waals surface area contributed by atoms with Crippen molar-refractivity contribution in [3.8, 4) is 28.7 Å². The summed E-state index contributed by atoms with van der Waals surface area (Å²) in [5.41, 5.74) is 0.689. The van der Waals surface area contributed by atoms with Crippen LogP contribution in [-0.2, 0) is 4.79 Å². The minimum absolute atomic E-state index is 0.0301. The molecule has 0 spiro atoms. The topological polar surface area (TPSA) is 74.2 Å². The predicted octanol–water partition coefficient (Wildman–Crippen LogP) is 3.04. The van der Waals surface area contributed by atoms with Crippen molar-refractivity contribution in [2.24, 2.45) is 0 Å². The Morgan fingerprint density at radius 1 is 0.917 bits per heavy atom. The summed E-state index contributed by atoms with van der Waals surface area (Å²) in [7, 11) is 4.48. The van der Waals surface area contributed by atoms with Crippen LogP contribution in [0.2, 0.25) is 0 Å². The molecule has 0 aliphatic carbocycles. The first-order valence-electron chi connectivity index (χ1n) is 7.06. The Labute approximate surface area is 139 Å². The van der Waals surface area contributed by atoms with E-state index < -0.39 is 5.97 Å². The molecule has 0 bridgehead atoms. The fraction of sp³-hybridized carbons (Fsp3) is 0.167. The summed E-state index contributed by atoms with van der Waals surface area (Å²) in [6.45, 7) is 0. The smallest absolute Gasteiger partial charge is 0.336 e. The molecule has 126 valence electrons. The van der Waals surface area contributed by atoms with Crippen LogP contribution in [0.1, 0.15) is 5.56 Å². The number of aromatic hydroxyl groups is 1. The van der Waals surface area contributed by atoms with Crippen LogP contribution < -0.4 is 18.9 Å². The van der Waals surface area contributed by atoms with Crippen LogP contribution in [0.5, 0.6) is 28.7 Å². The highest BCUT2D eigenvalue weighted by atomic mass is 16.5. The van der Waals surface area contributed by atoms with Crippen molar-refractivity contribution in [2.45, 2.75) is 0 Å². The lowest BCUT2D eigenvalue weighted by atomic mass is 10.2. The van der Waals surface area contributed by atoms with Gasteiger partial charge in [0.1, 0.15) is 5.75 Å². The van der Waals surface area contributed by atoms with Crippen LogP contribution in [0, 0.1) is 0 Å². The van der Waals surface area contributed by atoms with Gasteiger partial charge in [-0.25, -0.2) is 4.79 Å². The standard InChI is InChI=1S/C18H18O6/c1-21-15-8-6-13(11-17(15)23-3)24-18(20)9-5-12-4-7-14(19)16(10-12)22-2/h4-11,19H,1-3H3. The molecule has 6 heteroatoms. The maximum absolute atomic E-state index is 11.9. The van der Waals surface area contributed by atoms with Gasteiger partial charge in [-0.1, -0.05) is 6.07 Å². The molecule has 1 N–H and O–H groups in total. The first-order chi connectivity index (χ1) is 11.6. The van der Waals surface area contributed by atoms with Gasteiger partial charge in [0.2, 0.25) is 0 Å². The number of carbonyl (C=O) groups is 1. The van der Waals surface area contributed by atoms with Gasteiger partial charge in [0.25, 0.3) is 0 Å². The van der Waals surface area contributed by atoms with E-state index >= 15 is 0 Å². The van der Waals surface area contributed by atoms with Crippen LogP contribution in [-0.4, -0.2) is 32.4 Å². The van der Waals surface area contributed by atoms with Gasteiger partial charge in [-0.15, -0.1) is 0 Å². The third-order valence-electron chi connectivity index (χ3n) is 3.19. The summed E-state index contributed by atoms with van der Waals surface area (Å²) in [5.74, 6) is 1.16. The Bertz CT molecular complexity index is 751. The number of carbonyl (C=O) groups excluding carboxylic acids is 1. The van der Waals surface area contributed by atoms with Crippen molar-refractivity contribution in [1.82, 2.24) is 0 Å². The monoisotopic (exact) mass is 330 g/mol. The normalized spacial score (nSPS) is 10.5. The summed E-state index contributed by atoms with van der Waals surface area (Å²) in [6, 6.07) is 9.56. The number of hydrogen-bond donors (Lipinski definition) is 1. The molecule has 0 unspecified atom stereocenters. The molecule has 0 aliphatic heterocycles. The van der Waals surface area contributed by atoms with Crippen molar-refractivity contribution in [3.05, 3.63) is 48.0 Å². The van der Waals surface area contributed by atoms with E-state index in [1.807, 2.05) is 0 Å². The van der Waals surface area contributed by atoms with E-state index in [0.29, 0.717) is 28.6 Å². The number of rotatable bonds is 6. The zero-order valence-corrected chi connectivity index (χ0v) is 13.6. The maximum Gasteiger partial charge on any atom is 0.336 e. The average molecular weight is 330 g/mol. The van der Waals surface area contributed by atoms with Gasteiger partial charge in [-0.05, 0) is 35.9 Å². The molecule has 0 saturated carbocycles. The molecule has 24 heavy (non-hydrogen) atoms. The molecule has 2 rings (SSSR count). The molecule has 6 nitrogen and oxygen atoms in total. The molecular weight excluding hydrogens is 312 g/mol. The maximum atomic E-state index is 11.9. The number of hydrogen-bond acceptors (Lipinski definition) is 6. The van der Waals surface area contributed by atoms with Crippen LogP contribution in [0.15, 0.2) is 42.5 Å². The number of benzene rings is 2. The Morgan fingerprint density at radius 2 is 1.62 bits per heavy atom. The SMILES string of the molecule is COc1cc(C=CC(=O)Oc2ccc(OC)c(OC)c2)ccc1O. The van der Waals surface area contributed by atoms with E-state index in [0.717, 1.165) is 0 Å². The fourth-order valence-electron chi connectivity index (χ4n) is 1.99. The molecule has 0 heterocycles. The van der Waals surface area contributed by atoms with Crippen molar-refractivity contribution in [2.75, 3.05) is 21.3 Å². The summed E-state index contributed by atoms with van der Waals surface area (Å²) in [4.78, 5) is 11.9. The molecule has 2 aromatic rings. The largest absolute Gasteiger partial charge is 0.504 e. The van der Waals surface area contributed by atoms with E-state index in [4.69, 9.17) is 18.9 Å². The molecule has 0 aliphatic rings. The second-order valence-electron chi connectivity index (χ2n) is 4.70. The Balaban J connectivity index is 2.07. The van der Waals surface area contributed by atoms with Gasteiger partial charge >= 0.3 is 5.97 Å². The fourth-order valence-corrected chi connectivity index (χ4v) is 1.99. The lowest BCUT2D eigenvalue weighted by Gasteiger charge is -2.09. The quantitative estimate of drug-likeness (QED) is 0.498. The zero-order valence-electron chi connectivity index (χ0n) is 13.6.